The van der Waals surface area contributed by atoms with E-state index >= 15 is 0 Å². The minimum absolute atomic E-state index is 0.349. The molecule has 0 radical (unpaired) electrons. The van der Waals surface area contributed by atoms with Gasteiger partial charge in [-0.25, -0.2) is 0 Å². The number of nitrogens with two attached hydrogens (primary N) is 1. The molecule has 0 spiro atoms. The van der Waals surface area contributed by atoms with E-state index in [0.717, 1.165) is 6.54 Å². The molecule has 102 valence electrons. The van der Waals surface area contributed by atoms with Crippen LogP contribution < -0.4 is 5.73 Å². The average molecular weight is 248 g/mol. The highest BCUT2D eigenvalue weighted by molar-refractivity contribution is 5.35. The largest absolute Gasteiger partial charge is 0.329 e. The van der Waals surface area contributed by atoms with Gasteiger partial charge in [-0.2, -0.15) is 0 Å². The number of nitrogens with zero attached hydrogens (tertiary/aromatic N) is 1. The number of likely N-dealkylation sites (N-methyl/N-ethyl adjacent to an activating group) is 1. The summed E-state index contributed by atoms with van der Waals surface area (Å²) in [5, 5.41) is 0. The summed E-state index contributed by atoms with van der Waals surface area (Å²) < 4.78 is 0. The third-order valence-corrected chi connectivity index (χ3v) is 3.88. The average Bonchev–Trinajstić information content (AvgIpc) is 2.36. The van der Waals surface area contributed by atoms with E-state index in [9.17, 15) is 0 Å². The van der Waals surface area contributed by atoms with Crippen molar-refractivity contribution in [3.63, 3.8) is 0 Å². The molecule has 0 fully saturated rings. The Morgan fingerprint density at radius 3 is 2.56 bits per heavy atom. The van der Waals surface area contributed by atoms with Crippen molar-refractivity contribution in [1.29, 1.82) is 0 Å². The number of hydrogen-bond acceptors (Lipinski definition) is 2. The Kier molecular flexibility index (Phi) is 6.37. The number of unbranched alkanes of at least 4 members (excludes halogenated alkanes) is 2. The van der Waals surface area contributed by atoms with Gasteiger partial charge in [-0.15, -0.1) is 0 Å². The number of hydrogen-bond donors (Lipinski definition) is 1. The SMILES string of the molecule is CCCCCN(C)C(CN)c1cccc(C)c1C. The van der Waals surface area contributed by atoms with Crippen LogP contribution in [-0.2, 0) is 0 Å². The minimum atomic E-state index is 0.349. The van der Waals surface area contributed by atoms with E-state index in [1.54, 1.807) is 0 Å². The van der Waals surface area contributed by atoms with Gasteiger partial charge in [0.25, 0.3) is 0 Å². The normalized spacial score (nSPS) is 13.0. The smallest absolute Gasteiger partial charge is 0.0470 e. The molecule has 1 atom stereocenters. The topological polar surface area (TPSA) is 29.3 Å². The van der Waals surface area contributed by atoms with Gasteiger partial charge in [-0.05, 0) is 50.6 Å². The molecule has 0 aliphatic rings. The van der Waals surface area contributed by atoms with Gasteiger partial charge in [0.2, 0.25) is 0 Å². The van der Waals surface area contributed by atoms with Crippen molar-refractivity contribution in [3.8, 4) is 0 Å². The predicted molar refractivity (Wildman–Crippen MR) is 79.9 cm³/mol. The molecule has 1 unspecified atom stereocenters. The first-order valence-corrected chi connectivity index (χ1v) is 7.08. The second kappa shape index (κ2) is 7.55. The third kappa shape index (κ3) is 3.82. The van der Waals surface area contributed by atoms with E-state index in [1.807, 2.05) is 0 Å². The summed E-state index contributed by atoms with van der Waals surface area (Å²) in [5.74, 6) is 0. The third-order valence-electron chi connectivity index (χ3n) is 3.88. The van der Waals surface area contributed by atoms with Crippen LogP contribution in [0, 0.1) is 13.8 Å². The van der Waals surface area contributed by atoms with Crippen LogP contribution in [0.4, 0.5) is 0 Å². The monoisotopic (exact) mass is 248 g/mol. The van der Waals surface area contributed by atoms with E-state index in [-0.39, 0.29) is 0 Å². The van der Waals surface area contributed by atoms with Gasteiger partial charge >= 0.3 is 0 Å². The zero-order valence-electron chi connectivity index (χ0n) is 12.4. The van der Waals surface area contributed by atoms with Crippen LogP contribution in [0.3, 0.4) is 0 Å². The maximum Gasteiger partial charge on any atom is 0.0470 e. The van der Waals surface area contributed by atoms with E-state index in [2.05, 4.69) is 50.9 Å². The number of benzene rings is 1. The Bertz CT molecular complexity index is 360. The zero-order valence-corrected chi connectivity index (χ0v) is 12.4. The fourth-order valence-electron chi connectivity index (χ4n) is 2.45. The van der Waals surface area contributed by atoms with Gasteiger partial charge in [0.15, 0.2) is 0 Å². The van der Waals surface area contributed by atoms with Gasteiger partial charge < -0.3 is 5.73 Å². The number of aryl methyl sites for hydroxylation is 1. The van der Waals surface area contributed by atoms with Crippen molar-refractivity contribution in [2.24, 2.45) is 5.73 Å². The quantitative estimate of drug-likeness (QED) is 0.749. The summed E-state index contributed by atoms with van der Waals surface area (Å²) >= 11 is 0. The molecule has 1 aromatic carbocycles. The highest BCUT2D eigenvalue weighted by Gasteiger charge is 2.17. The minimum Gasteiger partial charge on any atom is -0.329 e. The molecule has 2 nitrogen and oxygen atoms in total. The number of rotatable bonds is 7. The van der Waals surface area contributed by atoms with Crippen LogP contribution in [0.5, 0.6) is 0 Å². The molecule has 2 heteroatoms. The summed E-state index contributed by atoms with van der Waals surface area (Å²) in [6.45, 7) is 8.43. The summed E-state index contributed by atoms with van der Waals surface area (Å²) in [6.07, 6.45) is 3.83. The summed E-state index contributed by atoms with van der Waals surface area (Å²) in [4.78, 5) is 2.40. The lowest BCUT2D eigenvalue weighted by atomic mass is 9.96. The van der Waals surface area contributed by atoms with Crippen LogP contribution in [-0.4, -0.2) is 25.0 Å². The first-order chi connectivity index (χ1) is 8.61. The second-order valence-corrected chi connectivity index (χ2v) is 5.23. The fraction of sp³-hybridized carbons (Fsp3) is 0.625. The molecule has 2 N–H and O–H groups in total. The molecule has 0 heterocycles. The first kappa shape index (κ1) is 15.2. The van der Waals surface area contributed by atoms with Crippen LogP contribution in [0.2, 0.25) is 0 Å². The molecule has 1 aromatic rings. The molecule has 0 aliphatic heterocycles. The molecule has 0 aromatic heterocycles. The molecule has 18 heavy (non-hydrogen) atoms. The van der Waals surface area contributed by atoms with Gasteiger partial charge in [0, 0.05) is 12.6 Å². The van der Waals surface area contributed by atoms with E-state index in [1.165, 1.54) is 36.0 Å². The second-order valence-electron chi connectivity index (χ2n) is 5.23. The summed E-state index contributed by atoms with van der Waals surface area (Å²) in [5.41, 5.74) is 10.1. The maximum atomic E-state index is 5.99. The van der Waals surface area contributed by atoms with Gasteiger partial charge in [0.1, 0.15) is 0 Å². The first-order valence-electron chi connectivity index (χ1n) is 7.08. The molecule has 0 saturated heterocycles. The highest BCUT2D eigenvalue weighted by atomic mass is 15.1. The lowest BCUT2D eigenvalue weighted by molar-refractivity contribution is 0.244. The molecule has 0 amide bonds. The molecule has 1 rings (SSSR count). The Morgan fingerprint density at radius 1 is 1.22 bits per heavy atom. The standard InChI is InChI=1S/C16H28N2/c1-5-6-7-11-18(4)16(12-17)15-10-8-9-13(2)14(15)3/h8-10,16H,5-7,11-12,17H2,1-4H3. The summed E-state index contributed by atoms with van der Waals surface area (Å²) in [7, 11) is 2.19. The molecular formula is C16H28N2. The van der Waals surface area contributed by atoms with Crippen molar-refractivity contribution >= 4 is 0 Å². The summed E-state index contributed by atoms with van der Waals surface area (Å²) in [6, 6.07) is 6.88. The van der Waals surface area contributed by atoms with Crippen molar-refractivity contribution in [2.45, 2.75) is 46.1 Å². The lowest BCUT2D eigenvalue weighted by Crippen LogP contribution is -2.32. The van der Waals surface area contributed by atoms with Crippen molar-refractivity contribution in [1.82, 2.24) is 4.90 Å². The fourth-order valence-corrected chi connectivity index (χ4v) is 2.45. The Morgan fingerprint density at radius 2 is 1.94 bits per heavy atom. The van der Waals surface area contributed by atoms with E-state index < -0.39 is 0 Å². The predicted octanol–water partition coefficient (Wildman–Crippen LogP) is 3.43. The van der Waals surface area contributed by atoms with E-state index in [4.69, 9.17) is 5.73 Å². The molecule has 0 saturated carbocycles. The molecular weight excluding hydrogens is 220 g/mol. The Hall–Kier alpha value is -0.860. The molecule has 0 bridgehead atoms. The Balaban J connectivity index is 2.78. The highest BCUT2D eigenvalue weighted by Crippen LogP contribution is 2.24. The van der Waals surface area contributed by atoms with Crippen LogP contribution in [0.15, 0.2) is 18.2 Å². The van der Waals surface area contributed by atoms with Crippen molar-refractivity contribution in [2.75, 3.05) is 20.1 Å². The van der Waals surface area contributed by atoms with Crippen LogP contribution in [0.1, 0.15) is 48.9 Å². The molecule has 0 aliphatic carbocycles. The van der Waals surface area contributed by atoms with Crippen molar-refractivity contribution in [3.05, 3.63) is 34.9 Å². The van der Waals surface area contributed by atoms with Crippen molar-refractivity contribution < 1.29 is 0 Å². The maximum absolute atomic E-state index is 5.99. The van der Waals surface area contributed by atoms with E-state index in [0.29, 0.717) is 12.6 Å². The van der Waals surface area contributed by atoms with Crippen LogP contribution >= 0.6 is 0 Å². The van der Waals surface area contributed by atoms with Gasteiger partial charge in [0.05, 0.1) is 0 Å². The lowest BCUT2D eigenvalue weighted by Gasteiger charge is -2.29. The zero-order chi connectivity index (χ0) is 13.5. The van der Waals surface area contributed by atoms with Crippen LogP contribution in [0.25, 0.3) is 0 Å². The Labute approximate surface area is 112 Å². The van der Waals surface area contributed by atoms with Gasteiger partial charge in [-0.3, -0.25) is 4.90 Å². The van der Waals surface area contributed by atoms with Gasteiger partial charge in [-0.1, -0.05) is 38.0 Å².